The van der Waals surface area contributed by atoms with Crippen molar-refractivity contribution >= 4 is 35.2 Å². The Kier molecular flexibility index (Phi) is 6.00. The van der Waals surface area contributed by atoms with Crippen molar-refractivity contribution in [2.45, 2.75) is 33.3 Å². The predicted octanol–water partition coefficient (Wildman–Crippen LogP) is 3.77. The van der Waals surface area contributed by atoms with E-state index >= 15 is 0 Å². The van der Waals surface area contributed by atoms with Gasteiger partial charge in [-0.1, -0.05) is 17.7 Å². The Hall–Kier alpha value is -2.74. The fraction of sp³-hybridized carbons (Fsp3) is 0.389. The summed E-state index contributed by atoms with van der Waals surface area (Å²) in [6.07, 6.45) is -0.666. The van der Waals surface area contributed by atoms with Gasteiger partial charge in [0.05, 0.1) is 5.69 Å². The molecule has 0 radical (unpaired) electrons. The second kappa shape index (κ2) is 7.87. The maximum atomic E-state index is 12.4. The summed E-state index contributed by atoms with van der Waals surface area (Å²) >= 11 is 6.02. The summed E-state index contributed by atoms with van der Waals surface area (Å²) in [5.74, 6) is -0.0304. The molecule has 8 nitrogen and oxygen atoms in total. The zero-order chi connectivity index (χ0) is 20.4. The average molecular weight is 394 g/mol. The van der Waals surface area contributed by atoms with Crippen LogP contribution in [0.2, 0.25) is 5.02 Å². The molecule has 0 spiro atoms. The number of imidazole rings is 1. The highest BCUT2D eigenvalue weighted by Crippen LogP contribution is 2.22. The molecule has 0 aliphatic carbocycles. The molecule has 1 heterocycles. The van der Waals surface area contributed by atoms with Gasteiger partial charge in [-0.2, -0.15) is 0 Å². The minimum Gasteiger partial charge on any atom is -0.443 e. The standard InChI is InChI=1S/C18H24ClN5O3/c1-11-14(15(25)23(5)6)21-16(20-13-9-7-8-12(19)10-13)24(11)22-17(26)27-18(2,3)4/h7-10H,1-6H3,(H,20,21)(H,22,26). The third-order valence-electron chi connectivity index (χ3n) is 3.40. The Morgan fingerprint density at radius 3 is 2.48 bits per heavy atom. The maximum absolute atomic E-state index is 12.4. The molecule has 2 aromatic rings. The highest BCUT2D eigenvalue weighted by Gasteiger charge is 2.24. The van der Waals surface area contributed by atoms with E-state index in [0.717, 1.165) is 0 Å². The molecule has 2 rings (SSSR count). The van der Waals surface area contributed by atoms with Crippen molar-refractivity contribution in [3.8, 4) is 0 Å². The second-order valence-electron chi connectivity index (χ2n) is 7.15. The number of carbonyl (C=O) groups is 2. The van der Waals surface area contributed by atoms with Crippen LogP contribution in [0.5, 0.6) is 0 Å². The summed E-state index contributed by atoms with van der Waals surface area (Å²) in [6.45, 7) is 6.97. The monoisotopic (exact) mass is 393 g/mol. The Bertz CT molecular complexity index is 855. The van der Waals surface area contributed by atoms with E-state index in [1.165, 1.54) is 9.58 Å². The van der Waals surface area contributed by atoms with E-state index in [-0.39, 0.29) is 17.5 Å². The number of anilines is 2. The molecular formula is C18H24ClN5O3. The lowest BCUT2D eigenvalue weighted by Crippen LogP contribution is -2.32. The summed E-state index contributed by atoms with van der Waals surface area (Å²) in [6, 6.07) is 7.01. The number of nitrogens with one attached hydrogen (secondary N) is 2. The largest absolute Gasteiger partial charge is 0.443 e. The first-order chi connectivity index (χ1) is 12.5. The van der Waals surface area contributed by atoms with Gasteiger partial charge in [0.1, 0.15) is 5.60 Å². The lowest BCUT2D eigenvalue weighted by atomic mass is 10.2. The summed E-state index contributed by atoms with van der Waals surface area (Å²) in [7, 11) is 3.26. The Labute approximate surface area is 163 Å². The number of amides is 2. The molecule has 0 saturated heterocycles. The summed E-state index contributed by atoms with van der Waals surface area (Å²) < 4.78 is 6.68. The highest BCUT2D eigenvalue weighted by molar-refractivity contribution is 6.30. The molecule has 0 aliphatic rings. The number of rotatable bonds is 4. The molecule has 0 aliphatic heterocycles. The van der Waals surface area contributed by atoms with Crippen LogP contribution < -0.4 is 10.7 Å². The van der Waals surface area contributed by atoms with Gasteiger partial charge in [-0.05, 0) is 45.9 Å². The molecule has 27 heavy (non-hydrogen) atoms. The van der Waals surface area contributed by atoms with E-state index in [1.54, 1.807) is 66.1 Å². The first-order valence-electron chi connectivity index (χ1n) is 8.31. The molecule has 0 saturated carbocycles. The lowest BCUT2D eigenvalue weighted by molar-refractivity contribution is 0.0612. The van der Waals surface area contributed by atoms with Crippen LogP contribution in [0.4, 0.5) is 16.4 Å². The van der Waals surface area contributed by atoms with E-state index in [1.807, 2.05) is 0 Å². The first kappa shape index (κ1) is 20.6. The minimum absolute atomic E-state index is 0.209. The predicted molar refractivity (Wildman–Crippen MR) is 105 cm³/mol. The first-order valence-corrected chi connectivity index (χ1v) is 8.69. The number of ether oxygens (including phenoxy) is 1. The fourth-order valence-electron chi connectivity index (χ4n) is 2.22. The number of aromatic nitrogens is 2. The molecular weight excluding hydrogens is 370 g/mol. The number of benzene rings is 1. The van der Waals surface area contributed by atoms with Gasteiger partial charge in [0.2, 0.25) is 5.95 Å². The summed E-state index contributed by atoms with van der Waals surface area (Å²) in [4.78, 5) is 30.4. The topological polar surface area (TPSA) is 88.5 Å². The number of halogens is 1. The zero-order valence-electron chi connectivity index (χ0n) is 16.3. The lowest BCUT2D eigenvalue weighted by Gasteiger charge is -2.21. The maximum Gasteiger partial charge on any atom is 0.427 e. The molecule has 2 N–H and O–H groups in total. The van der Waals surface area contributed by atoms with Crippen LogP contribution in [0.25, 0.3) is 0 Å². The number of hydrogen-bond donors (Lipinski definition) is 2. The Balaban J connectivity index is 2.41. The van der Waals surface area contributed by atoms with Crippen molar-refractivity contribution in [2.75, 3.05) is 24.8 Å². The average Bonchev–Trinajstić information content (AvgIpc) is 2.81. The summed E-state index contributed by atoms with van der Waals surface area (Å²) in [5.41, 5.74) is 3.27. The Morgan fingerprint density at radius 1 is 1.26 bits per heavy atom. The smallest absolute Gasteiger partial charge is 0.427 e. The van der Waals surface area contributed by atoms with Gasteiger partial charge in [-0.15, -0.1) is 0 Å². The molecule has 0 atom stereocenters. The van der Waals surface area contributed by atoms with E-state index in [4.69, 9.17) is 16.3 Å². The molecule has 1 aromatic carbocycles. The SMILES string of the molecule is Cc1c(C(=O)N(C)C)nc(Nc2cccc(Cl)c2)n1NC(=O)OC(C)(C)C. The van der Waals surface area contributed by atoms with Gasteiger partial charge >= 0.3 is 6.09 Å². The van der Waals surface area contributed by atoms with E-state index in [9.17, 15) is 9.59 Å². The van der Waals surface area contributed by atoms with Gasteiger partial charge in [0, 0.05) is 24.8 Å². The minimum atomic E-state index is -0.666. The fourth-order valence-corrected chi connectivity index (χ4v) is 2.41. The van der Waals surface area contributed by atoms with E-state index in [2.05, 4.69) is 15.7 Å². The van der Waals surface area contributed by atoms with Crippen LogP contribution in [0.1, 0.15) is 37.0 Å². The quantitative estimate of drug-likeness (QED) is 0.825. The highest BCUT2D eigenvalue weighted by atomic mass is 35.5. The molecule has 9 heteroatoms. The summed E-state index contributed by atoms with van der Waals surface area (Å²) in [5, 5.41) is 3.60. The molecule has 0 bridgehead atoms. The number of hydrogen-bond acceptors (Lipinski definition) is 5. The van der Waals surface area contributed by atoms with Crippen molar-refractivity contribution in [1.29, 1.82) is 0 Å². The van der Waals surface area contributed by atoms with E-state index < -0.39 is 11.7 Å². The van der Waals surface area contributed by atoms with Crippen LogP contribution >= 0.6 is 11.6 Å². The number of carbonyl (C=O) groups excluding carboxylic acids is 2. The number of nitrogens with zero attached hydrogens (tertiary/aromatic N) is 3. The van der Waals surface area contributed by atoms with Gasteiger partial charge in [0.25, 0.3) is 5.91 Å². The third-order valence-corrected chi connectivity index (χ3v) is 3.63. The van der Waals surface area contributed by atoms with Crippen LogP contribution in [0.3, 0.4) is 0 Å². The van der Waals surface area contributed by atoms with Crippen molar-refractivity contribution < 1.29 is 14.3 Å². The molecule has 146 valence electrons. The van der Waals surface area contributed by atoms with Crippen LogP contribution in [-0.2, 0) is 4.74 Å². The van der Waals surface area contributed by atoms with Gasteiger partial charge in [-0.25, -0.2) is 19.9 Å². The van der Waals surface area contributed by atoms with Crippen LogP contribution in [0.15, 0.2) is 24.3 Å². The van der Waals surface area contributed by atoms with Crippen LogP contribution in [0, 0.1) is 6.92 Å². The third kappa shape index (κ3) is 5.37. The van der Waals surface area contributed by atoms with Gasteiger partial charge in [0.15, 0.2) is 5.69 Å². The van der Waals surface area contributed by atoms with Crippen molar-refractivity contribution in [3.63, 3.8) is 0 Å². The van der Waals surface area contributed by atoms with Gasteiger partial charge < -0.3 is 15.0 Å². The molecule has 1 aromatic heterocycles. The molecule has 2 amide bonds. The molecule has 0 unspecified atom stereocenters. The van der Waals surface area contributed by atoms with Crippen molar-refractivity contribution in [3.05, 3.63) is 40.7 Å². The zero-order valence-corrected chi connectivity index (χ0v) is 17.0. The van der Waals surface area contributed by atoms with Crippen molar-refractivity contribution in [2.24, 2.45) is 0 Å². The van der Waals surface area contributed by atoms with Gasteiger partial charge in [-0.3, -0.25) is 4.79 Å². The second-order valence-corrected chi connectivity index (χ2v) is 7.59. The molecule has 0 fully saturated rings. The Morgan fingerprint density at radius 2 is 1.93 bits per heavy atom. The van der Waals surface area contributed by atoms with Crippen molar-refractivity contribution in [1.82, 2.24) is 14.6 Å². The normalized spacial score (nSPS) is 11.1. The van der Waals surface area contributed by atoms with Crippen LogP contribution in [-0.4, -0.2) is 46.3 Å². The van der Waals surface area contributed by atoms with E-state index in [0.29, 0.717) is 16.4 Å².